The molecule has 5 rings (SSSR count). The molecule has 0 amide bonds. The van der Waals surface area contributed by atoms with Crippen molar-refractivity contribution in [3.05, 3.63) is 59.0 Å². The van der Waals surface area contributed by atoms with E-state index in [-0.39, 0.29) is 11.7 Å². The molecular weight excluding hydrogens is 348 g/mol. The Labute approximate surface area is 156 Å². The number of piperidine rings is 1. The molecule has 2 aliphatic rings. The van der Waals surface area contributed by atoms with Crippen molar-refractivity contribution in [3.8, 4) is 0 Å². The highest BCUT2D eigenvalue weighted by molar-refractivity contribution is 5.38. The van der Waals surface area contributed by atoms with Crippen molar-refractivity contribution < 1.29 is 8.78 Å². The molecule has 0 bridgehead atoms. The van der Waals surface area contributed by atoms with Crippen LogP contribution in [-0.4, -0.2) is 37.8 Å². The number of fused-ring (bicyclic) bond motifs is 1. The van der Waals surface area contributed by atoms with Crippen molar-refractivity contribution in [2.45, 2.75) is 44.1 Å². The normalized spacial score (nSPS) is 19.0. The van der Waals surface area contributed by atoms with Crippen LogP contribution in [0.15, 0.2) is 30.3 Å². The summed E-state index contributed by atoms with van der Waals surface area (Å²) in [5, 5.41) is 13.4. The lowest BCUT2D eigenvalue weighted by Crippen LogP contribution is -2.33. The van der Waals surface area contributed by atoms with E-state index < -0.39 is 5.82 Å². The lowest BCUT2D eigenvalue weighted by Gasteiger charge is -2.31. The van der Waals surface area contributed by atoms with E-state index in [2.05, 4.69) is 21.2 Å². The molecule has 0 unspecified atom stereocenters. The number of aromatic nitrogens is 4. The van der Waals surface area contributed by atoms with Crippen molar-refractivity contribution in [2.24, 2.45) is 0 Å². The molecular formula is C20H21F2N5. The number of hydrogen-bond donors (Lipinski definition) is 0. The van der Waals surface area contributed by atoms with E-state index in [9.17, 15) is 8.78 Å². The van der Waals surface area contributed by atoms with Crippen LogP contribution in [0.25, 0.3) is 5.65 Å². The lowest BCUT2D eigenvalue weighted by atomic mass is 9.95. The zero-order chi connectivity index (χ0) is 18.4. The molecule has 7 heteroatoms. The van der Waals surface area contributed by atoms with E-state index >= 15 is 0 Å². The van der Waals surface area contributed by atoms with E-state index in [4.69, 9.17) is 5.10 Å². The molecule has 3 aromatic rings. The summed E-state index contributed by atoms with van der Waals surface area (Å²) in [5.41, 5.74) is 2.33. The third-order valence-corrected chi connectivity index (χ3v) is 5.66. The Bertz CT molecular complexity index is 974. The molecule has 1 saturated carbocycles. The highest BCUT2D eigenvalue weighted by atomic mass is 19.1. The third-order valence-electron chi connectivity index (χ3n) is 5.66. The summed E-state index contributed by atoms with van der Waals surface area (Å²) in [4.78, 5) is 2.17. The van der Waals surface area contributed by atoms with Gasteiger partial charge >= 0.3 is 0 Å². The predicted molar refractivity (Wildman–Crippen MR) is 96.4 cm³/mol. The molecule has 140 valence electrons. The van der Waals surface area contributed by atoms with Gasteiger partial charge in [-0.25, -0.2) is 8.78 Å². The van der Waals surface area contributed by atoms with Gasteiger partial charge in [0.2, 0.25) is 0 Å². The number of nitrogens with zero attached hydrogens (tertiary/aromatic N) is 5. The topological polar surface area (TPSA) is 46.3 Å². The zero-order valence-corrected chi connectivity index (χ0v) is 15.0. The second-order valence-electron chi connectivity index (χ2n) is 7.65. The molecule has 1 aliphatic heterocycles. The maximum absolute atomic E-state index is 13.9. The Balaban J connectivity index is 1.29. The summed E-state index contributed by atoms with van der Waals surface area (Å²) >= 11 is 0. The Hall–Kier alpha value is -2.41. The molecule has 0 radical (unpaired) electrons. The average molecular weight is 369 g/mol. The van der Waals surface area contributed by atoms with Gasteiger partial charge in [-0.05, 0) is 69.1 Å². The summed E-state index contributed by atoms with van der Waals surface area (Å²) in [5.74, 6) is 1.06. The van der Waals surface area contributed by atoms with Crippen LogP contribution in [0.1, 0.15) is 54.6 Å². The quantitative estimate of drug-likeness (QED) is 0.704. The van der Waals surface area contributed by atoms with Crippen molar-refractivity contribution >= 4 is 5.65 Å². The first-order valence-corrected chi connectivity index (χ1v) is 9.56. The lowest BCUT2D eigenvalue weighted by molar-refractivity contribution is 0.198. The maximum atomic E-state index is 13.9. The summed E-state index contributed by atoms with van der Waals surface area (Å²) in [6.45, 7) is 2.07. The molecule has 0 atom stereocenters. The molecule has 0 spiro atoms. The van der Waals surface area contributed by atoms with E-state index in [0.717, 1.165) is 49.2 Å². The van der Waals surface area contributed by atoms with Gasteiger partial charge in [0, 0.05) is 23.9 Å². The number of halogens is 2. The minimum Gasteiger partial charge on any atom is -0.299 e. The molecule has 2 aromatic heterocycles. The standard InChI is InChI=1S/C20H21F2N5/c21-16-3-4-17(22)15(11-16)12-26-9-7-14(8-10-26)20-24-23-19-6-5-18(13-1-2-13)25-27(19)20/h3-6,11,13-14H,1-2,7-10,12H2. The fourth-order valence-corrected chi connectivity index (χ4v) is 3.93. The first-order chi connectivity index (χ1) is 13.2. The van der Waals surface area contributed by atoms with E-state index in [0.29, 0.717) is 18.0 Å². The van der Waals surface area contributed by atoms with Gasteiger partial charge in [0.05, 0.1) is 5.69 Å². The molecule has 27 heavy (non-hydrogen) atoms. The van der Waals surface area contributed by atoms with Gasteiger partial charge in [-0.1, -0.05) is 0 Å². The van der Waals surface area contributed by atoms with Crippen molar-refractivity contribution in [1.82, 2.24) is 24.7 Å². The molecule has 5 nitrogen and oxygen atoms in total. The van der Waals surface area contributed by atoms with Gasteiger partial charge in [-0.15, -0.1) is 10.2 Å². The van der Waals surface area contributed by atoms with E-state index in [1.54, 1.807) is 0 Å². The third kappa shape index (κ3) is 3.32. The van der Waals surface area contributed by atoms with Crippen LogP contribution in [0, 0.1) is 11.6 Å². The van der Waals surface area contributed by atoms with Gasteiger partial charge in [0.25, 0.3) is 0 Å². The maximum Gasteiger partial charge on any atom is 0.177 e. The number of likely N-dealkylation sites (tertiary alicyclic amines) is 1. The van der Waals surface area contributed by atoms with Gasteiger partial charge < -0.3 is 0 Å². The minimum absolute atomic E-state index is 0.288. The summed E-state index contributed by atoms with van der Waals surface area (Å²) in [6, 6.07) is 7.70. The van der Waals surface area contributed by atoms with Gasteiger partial charge in [-0.3, -0.25) is 4.90 Å². The molecule has 1 aromatic carbocycles. The number of benzene rings is 1. The first kappa shape index (κ1) is 16.7. The summed E-state index contributed by atoms with van der Waals surface area (Å²) in [6.07, 6.45) is 4.25. The Kier molecular flexibility index (Phi) is 4.11. The monoisotopic (exact) mass is 369 g/mol. The minimum atomic E-state index is -0.395. The molecule has 1 aliphatic carbocycles. The number of rotatable bonds is 4. The predicted octanol–water partition coefficient (Wildman–Crippen LogP) is 3.66. The van der Waals surface area contributed by atoms with Gasteiger partial charge in [0.15, 0.2) is 11.5 Å². The van der Waals surface area contributed by atoms with E-state index in [1.165, 1.54) is 25.0 Å². The average Bonchev–Trinajstić information content (AvgIpc) is 3.45. The van der Waals surface area contributed by atoms with Crippen molar-refractivity contribution in [3.63, 3.8) is 0 Å². The largest absolute Gasteiger partial charge is 0.299 e. The van der Waals surface area contributed by atoms with Crippen LogP contribution in [0.3, 0.4) is 0 Å². The van der Waals surface area contributed by atoms with Crippen LogP contribution in [0.5, 0.6) is 0 Å². The first-order valence-electron chi connectivity index (χ1n) is 9.56. The number of hydrogen-bond acceptors (Lipinski definition) is 4. The van der Waals surface area contributed by atoms with Crippen molar-refractivity contribution in [2.75, 3.05) is 13.1 Å². The SMILES string of the molecule is Fc1ccc(F)c(CN2CCC(c3nnc4ccc(C5CC5)nn34)CC2)c1. The van der Waals surface area contributed by atoms with Crippen LogP contribution in [0.4, 0.5) is 8.78 Å². The summed E-state index contributed by atoms with van der Waals surface area (Å²) in [7, 11) is 0. The zero-order valence-electron chi connectivity index (χ0n) is 15.0. The Morgan fingerprint density at radius 2 is 1.74 bits per heavy atom. The smallest absolute Gasteiger partial charge is 0.177 e. The molecule has 3 heterocycles. The molecule has 0 N–H and O–H groups in total. The second kappa shape index (κ2) is 6.64. The van der Waals surface area contributed by atoms with Gasteiger partial charge in [0.1, 0.15) is 11.6 Å². The summed E-state index contributed by atoms with van der Waals surface area (Å²) < 4.78 is 29.2. The second-order valence-corrected chi connectivity index (χ2v) is 7.65. The van der Waals surface area contributed by atoms with E-state index in [1.807, 2.05) is 10.6 Å². The Morgan fingerprint density at radius 3 is 2.52 bits per heavy atom. The van der Waals surface area contributed by atoms with Crippen LogP contribution >= 0.6 is 0 Å². The molecule has 1 saturated heterocycles. The molecule has 2 fully saturated rings. The van der Waals surface area contributed by atoms with Crippen LogP contribution < -0.4 is 0 Å². The fourth-order valence-electron chi connectivity index (χ4n) is 3.93. The highest BCUT2D eigenvalue weighted by Crippen LogP contribution is 2.39. The Morgan fingerprint density at radius 1 is 0.926 bits per heavy atom. The van der Waals surface area contributed by atoms with Gasteiger partial charge in [-0.2, -0.15) is 9.61 Å². The van der Waals surface area contributed by atoms with Crippen LogP contribution in [0.2, 0.25) is 0 Å². The fraction of sp³-hybridized carbons (Fsp3) is 0.450. The van der Waals surface area contributed by atoms with Crippen LogP contribution in [-0.2, 0) is 6.54 Å². The van der Waals surface area contributed by atoms with Crippen molar-refractivity contribution in [1.29, 1.82) is 0 Å². The highest BCUT2D eigenvalue weighted by Gasteiger charge is 2.28.